The normalized spacial score (nSPS) is 22.2. The molecule has 1 aromatic heterocycles. The molecule has 222 valence electrons. The van der Waals surface area contributed by atoms with Crippen molar-refractivity contribution < 1.29 is 28.7 Å². The molecule has 1 amide bonds. The number of carbonyl (C=O) groups is 1. The van der Waals surface area contributed by atoms with Crippen molar-refractivity contribution in [3.63, 3.8) is 0 Å². The fourth-order valence-corrected chi connectivity index (χ4v) is 5.78. The van der Waals surface area contributed by atoms with E-state index in [9.17, 15) is 4.79 Å². The predicted molar refractivity (Wildman–Crippen MR) is 161 cm³/mol. The summed E-state index contributed by atoms with van der Waals surface area (Å²) in [6.07, 6.45) is 6.25. The Morgan fingerprint density at radius 3 is 2.40 bits per heavy atom. The van der Waals surface area contributed by atoms with E-state index in [2.05, 4.69) is 63.3 Å². The lowest BCUT2D eigenvalue weighted by molar-refractivity contribution is -0.0366. The summed E-state index contributed by atoms with van der Waals surface area (Å²) < 4.78 is 27.1. The number of hydrogen-bond donors (Lipinski definition) is 2. The fraction of sp³-hybridized carbons (Fsp3) is 0.500. The molecule has 0 spiro atoms. The van der Waals surface area contributed by atoms with Gasteiger partial charge in [0, 0.05) is 12.0 Å². The summed E-state index contributed by atoms with van der Waals surface area (Å²) in [7, 11) is -0.454. The number of hydrogen-bond acceptors (Lipinski definition) is 6. The lowest BCUT2D eigenvalue weighted by atomic mass is 9.69. The van der Waals surface area contributed by atoms with E-state index in [1.165, 1.54) is 5.47 Å². The standard InChI is InChI=1S/C32H40BN3O6/c1-31(2)32(3,4)42-33(41-31)29(22-8-9-22)28(21-10-13-25(14-11-21)39-18-16-34-30(37)38)23-12-15-26-24(19-23)20-35-36(26)27-7-5-6-17-40-27/h10-15,19-20,22,27,34H,5-9,16-18H2,1-4H3,(H,37,38)/b29-28+. The Kier molecular flexibility index (Phi) is 7.80. The first-order valence-electron chi connectivity index (χ1n) is 15.0. The van der Waals surface area contributed by atoms with Gasteiger partial charge in [0.15, 0.2) is 6.23 Å². The third-order valence-corrected chi connectivity index (χ3v) is 8.92. The van der Waals surface area contributed by atoms with E-state index in [0.717, 1.165) is 66.3 Å². The molecule has 0 bridgehead atoms. The van der Waals surface area contributed by atoms with Gasteiger partial charge in [0.1, 0.15) is 12.4 Å². The van der Waals surface area contributed by atoms with Crippen LogP contribution >= 0.6 is 0 Å². The SMILES string of the molecule is CC1(C)OB(/C(=C(\c2ccc(OCCNC(=O)O)cc2)c2ccc3c(cnn3C3CCCCO3)c2)C2CC2)OC1(C)C. The molecule has 1 aliphatic carbocycles. The van der Waals surface area contributed by atoms with Gasteiger partial charge in [0.25, 0.3) is 0 Å². The van der Waals surface area contributed by atoms with E-state index in [0.29, 0.717) is 11.7 Å². The van der Waals surface area contributed by atoms with Crippen LogP contribution in [-0.2, 0) is 14.0 Å². The molecular weight excluding hydrogens is 533 g/mol. The number of carboxylic acid groups (broad SMARTS) is 1. The smallest absolute Gasteiger partial charge is 0.491 e. The number of nitrogens with zero attached hydrogens (tertiary/aromatic N) is 2. The number of amides is 1. The van der Waals surface area contributed by atoms with Crippen molar-refractivity contribution in [1.82, 2.24) is 15.1 Å². The maximum atomic E-state index is 10.7. The minimum Gasteiger partial charge on any atom is -0.492 e. The zero-order valence-electron chi connectivity index (χ0n) is 24.9. The van der Waals surface area contributed by atoms with Gasteiger partial charge in [-0.15, -0.1) is 0 Å². The summed E-state index contributed by atoms with van der Waals surface area (Å²) in [6.45, 7) is 9.61. The molecule has 2 aromatic carbocycles. The molecule has 10 heteroatoms. The maximum Gasteiger partial charge on any atom is 0.491 e. The Labute approximate surface area is 247 Å². The van der Waals surface area contributed by atoms with Gasteiger partial charge in [-0.05, 0) is 112 Å². The Morgan fingerprint density at radius 2 is 1.76 bits per heavy atom. The van der Waals surface area contributed by atoms with Crippen LogP contribution in [0.5, 0.6) is 5.75 Å². The monoisotopic (exact) mass is 573 g/mol. The quantitative estimate of drug-likeness (QED) is 0.231. The molecule has 42 heavy (non-hydrogen) atoms. The van der Waals surface area contributed by atoms with Crippen molar-refractivity contribution in [2.24, 2.45) is 5.92 Å². The number of benzene rings is 2. The highest BCUT2D eigenvalue weighted by Gasteiger charge is 2.55. The zero-order chi connectivity index (χ0) is 29.5. The summed E-state index contributed by atoms with van der Waals surface area (Å²) in [5.74, 6) is 1.06. The van der Waals surface area contributed by atoms with Gasteiger partial charge in [-0.3, -0.25) is 0 Å². The van der Waals surface area contributed by atoms with Crippen LogP contribution in [0.4, 0.5) is 4.79 Å². The highest BCUT2D eigenvalue weighted by atomic mass is 16.7. The van der Waals surface area contributed by atoms with Crippen molar-refractivity contribution in [1.29, 1.82) is 0 Å². The van der Waals surface area contributed by atoms with E-state index >= 15 is 0 Å². The second-order valence-corrected chi connectivity index (χ2v) is 12.5. The average molecular weight is 573 g/mol. The van der Waals surface area contributed by atoms with Crippen molar-refractivity contribution in [2.45, 2.75) is 77.2 Å². The molecule has 1 saturated carbocycles. The Hall–Kier alpha value is -3.34. The van der Waals surface area contributed by atoms with Crippen LogP contribution in [0, 0.1) is 5.92 Å². The van der Waals surface area contributed by atoms with Crippen molar-refractivity contribution >= 4 is 29.7 Å². The predicted octanol–water partition coefficient (Wildman–Crippen LogP) is 6.23. The summed E-state index contributed by atoms with van der Waals surface area (Å²) in [5, 5.41) is 16.9. The molecule has 1 atom stereocenters. The molecule has 3 aliphatic rings. The molecular formula is C32H40BN3O6. The minimum atomic E-state index is -1.06. The van der Waals surface area contributed by atoms with Crippen LogP contribution in [0.15, 0.2) is 54.1 Å². The van der Waals surface area contributed by atoms with Crippen LogP contribution in [0.3, 0.4) is 0 Å². The lowest BCUT2D eigenvalue weighted by Crippen LogP contribution is -2.41. The molecule has 3 heterocycles. The molecule has 2 aliphatic heterocycles. The number of rotatable bonds is 9. The largest absolute Gasteiger partial charge is 0.492 e. The molecule has 9 nitrogen and oxygen atoms in total. The van der Waals surface area contributed by atoms with Crippen molar-refractivity contribution in [3.05, 3.63) is 65.3 Å². The first kappa shape index (κ1) is 28.8. The molecule has 6 rings (SSSR count). The first-order chi connectivity index (χ1) is 20.1. The van der Waals surface area contributed by atoms with Crippen LogP contribution in [-0.4, -0.2) is 59.1 Å². The number of allylic oxidation sites excluding steroid dienone is 1. The lowest BCUT2D eigenvalue weighted by Gasteiger charge is -2.32. The average Bonchev–Trinajstić information content (AvgIpc) is 3.66. The van der Waals surface area contributed by atoms with Gasteiger partial charge in [0.2, 0.25) is 0 Å². The molecule has 3 fully saturated rings. The Bertz CT molecular complexity index is 1460. The summed E-state index contributed by atoms with van der Waals surface area (Å²) in [5.41, 5.74) is 4.58. The van der Waals surface area contributed by atoms with Gasteiger partial charge in [0.05, 0.1) is 29.5 Å². The summed E-state index contributed by atoms with van der Waals surface area (Å²) in [4.78, 5) is 10.7. The van der Waals surface area contributed by atoms with Crippen LogP contribution < -0.4 is 10.1 Å². The molecule has 1 unspecified atom stereocenters. The minimum absolute atomic E-state index is 0.0258. The van der Waals surface area contributed by atoms with Gasteiger partial charge >= 0.3 is 13.2 Å². The third kappa shape index (κ3) is 5.80. The highest BCUT2D eigenvalue weighted by Crippen LogP contribution is 2.49. The van der Waals surface area contributed by atoms with Gasteiger partial charge in [-0.2, -0.15) is 5.10 Å². The van der Waals surface area contributed by atoms with Crippen LogP contribution in [0.2, 0.25) is 0 Å². The number of fused-ring (bicyclic) bond motifs is 1. The Morgan fingerprint density at radius 1 is 1.05 bits per heavy atom. The van der Waals surface area contributed by atoms with Gasteiger partial charge < -0.3 is 29.2 Å². The van der Waals surface area contributed by atoms with E-state index in [1.807, 2.05) is 23.0 Å². The van der Waals surface area contributed by atoms with Crippen LogP contribution in [0.25, 0.3) is 16.5 Å². The van der Waals surface area contributed by atoms with Gasteiger partial charge in [-0.1, -0.05) is 18.2 Å². The number of nitrogens with one attached hydrogen (secondary N) is 1. The molecule has 0 radical (unpaired) electrons. The van der Waals surface area contributed by atoms with Crippen LogP contribution in [0.1, 0.15) is 77.2 Å². The zero-order valence-corrected chi connectivity index (χ0v) is 24.9. The third-order valence-electron chi connectivity index (χ3n) is 8.92. The summed E-state index contributed by atoms with van der Waals surface area (Å²) in [6, 6.07) is 14.5. The second kappa shape index (κ2) is 11.4. The van der Waals surface area contributed by atoms with Gasteiger partial charge in [-0.25, -0.2) is 9.48 Å². The highest BCUT2D eigenvalue weighted by molar-refractivity contribution is 6.57. The molecule has 2 N–H and O–H groups in total. The van der Waals surface area contributed by atoms with Crippen molar-refractivity contribution in [3.8, 4) is 5.75 Å². The molecule has 3 aromatic rings. The number of ether oxygens (including phenoxy) is 2. The number of aromatic nitrogens is 2. The van der Waals surface area contributed by atoms with E-state index < -0.39 is 24.4 Å². The maximum absolute atomic E-state index is 10.7. The fourth-order valence-electron chi connectivity index (χ4n) is 5.78. The first-order valence-corrected chi connectivity index (χ1v) is 15.0. The Balaban J connectivity index is 1.40. The van der Waals surface area contributed by atoms with E-state index in [4.69, 9.17) is 29.0 Å². The van der Waals surface area contributed by atoms with Crippen molar-refractivity contribution in [2.75, 3.05) is 19.8 Å². The van der Waals surface area contributed by atoms with E-state index in [1.54, 1.807) is 0 Å². The van der Waals surface area contributed by atoms with E-state index in [-0.39, 0.29) is 19.4 Å². The molecule has 2 saturated heterocycles. The second-order valence-electron chi connectivity index (χ2n) is 12.5. The summed E-state index contributed by atoms with van der Waals surface area (Å²) >= 11 is 0. The topological polar surface area (TPSA) is 104 Å².